The molecule has 5 nitrogen and oxygen atoms in total. The Balaban J connectivity index is 2.22. The van der Waals surface area contributed by atoms with E-state index >= 15 is 0 Å². The third kappa shape index (κ3) is 4.73. The molecule has 0 saturated carbocycles. The van der Waals surface area contributed by atoms with Gasteiger partial charge in [0.25, 0.3) is 0 Å². The van der Waals surface area contributed by atoms with E-state index < -0.39 is 6.61 Å². The van der Waals surface area contributed by atoms with Gasteiger partial charge in [-0.2, -0.15) is 13.9 Å². The molecule has 0 amide bonds. The fraction of sp³-hybridized carbons (Fsp3) is 0.188. The molecule has 0 fully saturated rings. The molecule has 8 heteroatoms. The van der Waals surface area contributed by atoms with Crippen LogP contribution in [-0.4, -0.2) is 27.0 Å². The first-order valence-corrected chi connectivity index (χ1v) is 7.16. The summed E-state index contributed by atoms with van der Waals surface area (Å²) in [5.74, 6) is 0.0488. The molecule has 128 valence electrons. The van der Waals surface area contributed by atoms with Crippen molar-refractivity contribution < 1.29 is 23.0 Å². The lowest BCUT2D eigenvalue weighted by atomic mass is 10.2. The number of methoxy groups -OCH3 is 2. The van der Waals surface area contributed by atoms with Gasteiger partial charge in [0.05, 0.1) is 26.1 Å². The van der Waals surface area contributed by atoms with E-state index in [1.807, 2.05) is 0 Å². The Kier molecular flexibility index (Phi) is 6.20. The van der Waals surface area contributed by atoms with Crippen LogP contribution in [0.2, 0.25) is 5.02 Å². The number of hydrogen-bond donors (Lipinski definition) is 1. The number of ether oxygens (including phenoxy) is 3. The van der Waals surface area contributed by atoms with E-state index in [9.17, 15) is 8.78 Å². The Bertz CT molecular complexity index is 701. The number of nitrogens with zero attached hydrogens (tertiary/aromatic N) is 1. The maximum atomic E-state index is 12.5. The van der Waals surface area contributed by atoms with Gasteiger partial charge in [0.1, 0.15) is 0 Å². The van der Waals surface area contributed by atoms with Gasteiger partial charge in [-0.3, -0.25) is 5.43 Å². The molecule has 0 spiro atoms. The lowest BCUT2D eigenvalue weighted by molar-refractivity contribution is -0.0526. The van der Waals surface area contributed by atoms with E-state index in [0.717, 1.165) is 0 Å². The Labute approximate surface area is 142 Å². The van der Waals surface area contributed by atoms with Crippen LogP contribution in [0.3, 0.4) is 0 Å². The number of hydrazone groups is 1. The number of halogens is 3. The van der Waals surface area contributed by atoms with Gasteiger partial charge in [-0.05, 0) is 30.3 Å². The molecule has 0 aliphatic carbocycles. The molecule has 0 aromatic heterocycles. The molecule has 0 aliphatic heterocycles. The summed E-state index contributed by atoms with van der Waals surface area (Å²) < 4.78 is 39.6. The number of nitrogens with one attached hydrogen (secondary N) is 1. The number of alkyl halides is 2. The average Bonchev–Trinajstić information content (AvgIpc) is 2.55. The highest BCUT2D eigenvalue weighted by molar-refractivity contribution is 6.30. The highest BCUT2D eigenvalue weighted by Gasteiger charge is 2.17. The van der Waals surface area contributed by atoms with Crippen LogP contribution in [0, 0.1) is 0 Å². The van der Waals surface area contributed by atoms with E-state index in [0.29, 0.717) is 16.3 Å². The average molecular weight is 357 g/mol. The Morgan fingerprint density at radius 3 is 2.33 bits per heavy atom. The van der Waals surface area contributed by atoms with E-state index in [4.69, 9.17) is 21.1 Å². The Morgan fingerprint density at radius 1 is 1.12 bits per heavy atom. The van der Waals surface area contributed by atoms with Crippen molar-refractivity contribution in [3.05, 3.63) is 47.0 Å². The topological polar surface area (TPSA) is 52.1 Å². The zero-order chi connectivity index (χ0) is 17.5. The third-order valence-electron chi connectivity index (χ3n) is 2.92. The first-order valence-electron chi connectivity index (χ1n) is 6.79. The van der Waals surface area contributed by atoms with E-state index in [-0.39, 0.29) is 17.2 Å². The van der Waals surface area contributed by atoms with Gasteiger partial charge in [0.2, 0.25) is 5.75 Å². The van der Waals surface area contributed by atoms with Crippen molar-refractivity contribution in [2.45, 2.75) is 6.61 Å². The lowest BCUT2D eigenvalue weighted by Crippen LogP contribution is -2.06. The standard InChI is InChI=1S/C16H15ClF2N2O3/c1-22-13-6-10(7-14(23-2)15(13)24-16(18)19)9-20-21-12-5-3-4-11(17)8-12/h3-9,16,21H,1-2H3/b20-9-. The fourth-order valence-corrected chi connectivity index (χ4v) is 2.11. The summed E-state index contributed by atoms with van der Waals surface area (Å²) >= 11 is 5.88. The SMILES string of the molecule is COc1cc(/C=N\Nc2cccc(Cl)c2)cc(OC)c1OC(F)F. The summed E-state index contributed by atoms with van der Waals surface area (Å²) in [5, 5.41) is 4.64. The predicted octanol–water partition coefficient (Wildman–Crippen LogP) is 4.40. The van der Waals surface area contributed by atoms with Crippen LogP contribution in [0.15, 0.2) is 41.5 Å². The maximum absolute atomic E-state index is 12.5. The van der Waals surface area contributed by atoms with Gasteiger partial charge in [0, 0.05) is 10.6 Å². The summed E-state index contributed by atoms with van der Waals surface area (Å²) in [6.07, 6.45) is 1.48. The van der Waals surface area contributed by atoms with Gasteiger partial charge >= 0.3 is 6.61 Å². The van der Waals surface area contributed by atoms with Crippen molar-refractivity contribution in [1.29, 1.82) is 0 Å². The highest BCUT2D eigenvalue weighted by atomic mass is 35.5. The Hall–Kier alpha value is -2.54. The summed E-state index contributed by atoms with van der Waals surface area (Å²) in [4.78, 5) is 0. The minimum absolute atomic E-state index is 0.110. The van der Waals surface area contributed by atoms with Gasteiger partial charge < -0.3 is 14.2 Å². The second-order valence-electron chi connectivity index (χ2n) is 4.51. The fourth-order valence-electron chi connectivity index (χ4n) is 1.92. The summed E-state index contributed by atoms with van der Waals surface area (Å²) in [7, 11) is 2.69. The predicted molar refractivity (Wildman–Crippen MR) is 88.8 cm³/mol. The van der Waals surface area contributed by atoms with Crippen LogP contribution in [0.5, 0.6) is 17.2 Å². The smallest absolute Gasteiger partial charge is 0.387 e. The summed E-state index contributed by atoms with van der Waals surface area (Å²) in [5.41, 5.74) is 4.08. The Morgan fingerprint density at radius 2 is 1.79 bits per heavy atom. The highest BCUT2D eigenvalue weighted by Crippen LogP contribution is 2.39. The van der Waals surface area contributed by atoms with Crippen LogP contribution >= 0.6 is 11.6 Å². The molecular weight excluding hydrogens is 342 g/mol. The largest absolute Gasteiger partial charge is 0.493 e. The molecule has 24 heavy (non-hydrogen) atoms. The zero-order valence-electron chi connectivity index (χ0n) is 12.9. The van der Waals surface area contributed by atoms with Crippen LogP contribution in [0.4, 0.5) is 14.5 Å². The molecule has 0 bridgehead atoms. The van der Waals surface area contributed by atoms with Gasteiger partial charge in [0.15, 0.2) is 11.5 Å². The van der Waals surface area contributed by atoms with Crippen LogP contribution in [0.1, 0.15) is 5.56 Å². The molecule has 0 radical (unpaired) electrons. The van der Waals surface area contributed by atoms with Gasteiger partial charge in [-0.1, -0.05) is 17.7 Å². The first kappa shape index (κ1) is 17.8. The number of hydrogen-bond acceptors (Lipinski definition) is 5. The minimum atomic E-state index is -2.99. The summed E-state index contributed by atoms with van der Waals surface area (Å²) in [6, 6.07) is 10.0. The van der Waals surface area contributed by atoms with E-state index in [1.165, 1.54) is 32.6 Å². The van der Waals surface area contributed by atoms with Crippen molar-refractivity contribution in [2.75, 3.05) is 19.6 Å². The summed E-state index contributed by atoms with van der Waals surface area (Å²) in [6.45, 7) is -2.99. The van der Waals surface area contributed by atoms with Crippen LogP contribution in [-0.2, 0) is 0 Å². The molecule has 0 aliphatic rings. The lowest BCUT2D eigenvalue weighted by Gasteiger charge is -2.14. The molecule has 0 unspecified atom stereocenters. The monoisotopic (exact) mass is 356 g/mol. The van der Waals surface area contributed by atoms with Crippen molar-refractivity contribution in [1.82, 2.24) is 0 Å². The molecule has 2 aromatic carbocycles. The van der Waals surface area contributed by atoms with Gasteiger partial charge in [-0.15, -0.1) is 0 Å². The quantitative estimate of drug-likeness (QED) is 0.590. The second-order valence-corrected chi connectivity index (χ2v) is 4.95. The number of anilines is 1. The van der Waals surface area contributed by atoms with Crippen molar-refractivity contribution in [3.63, 3.8) is 0 Å². The molecular formula is C16H15ClF2N2O3. The molecule has 2 rings (SSSR count). The molecule has 0 atom stereocenters. The number of benzene rings is 2. The molecule has 2 aromatic rings. The zero-order valence-corrected chi connectivity index (χ0v) is 13.7. The first-order chi connectivity index (χ1) is 11.5. The van der Waals surface area contributed by atoms with E-state index in [1.54, 1.807) is 24.3 Å². The van der Waals surface area contributed by atoms with Crippen LogP contribution < -0.4 is 19.6 Å². The van der Waals surface area contributed by atoms with E-state index in [2.05, 4.69) is 15.3 Å². The molecule has 0 heterocycles. The van der Waals surface area contributed by atoms with Crippen molar-refractivity contribution in [3.8, 4) is 17.2 Å². The van der Waals surface area contributed by atoms with Gasteiger partial charge in [-0.25, -0.2) is 0 Å². The molecule has 0 saturated heterocycles. The third-order valence-corrected chi connectivity index (χ3v) is 3.16. The van der Waals surface area contributed by atoms with Crippen molar-refractivity contribution >= 4 is 23.5 Å². The van der Waals surface area contributed by atoms with Crippen molar-refractivity contribution in [2.24, 2.45) is 5.10 Å². The minimum Gasteiger partial charge on any atom is -0.493 e. The van der Waals surface area contributed by atoms with Crippen LogP contribution in [0.25, 0.3) is 0 Å². The second kappa shape index (κ2) is 8.35. The normalized spacial score (nSPS) is 10.9. The maximum Gasteiger partial charge on any atom is 0.387 e. The number of rotatable bonds is 7. The molecule has 1 N–H and O–H groups in total.